The molecule has 3 rings (SSSR count). The first kappa shape index (κ1) is 18.2. The van der Waals surface area contributed by atoms with E-state index in [-0.39, 0.29) is 5.56 Å². The van der Waals surface area contributed by atoms with Crippen molar-refractivity contribution in [3.05, 3.63) is 22.1 Å². The third-order valence-corrected chi connectivity index (χ3v) is 7.39. The average Bonchev–Trinajstić information content (AvgIpc) is 3.00. The molecule has 2 aromatic rings. The number of fused-ring (bicyclic) bond motifs is 1. The molecule has 1 aliphatic heterocycles. The van der Waals surface area contributed by atoms with Crippen LogP contribution in [-0.2, 0) is 10.2 Å². The number of aryl methyl sites for hydroxylation is 1. The maximum absolute atomic E-state index is 12.6. The lowest BCUT2D eigenvalue weighted by Crippen LogP contribution is -2.53. The van der Waals surface area contributed by atoms with Crippen LogP contribution in [0.15, 0.2) is 10.9 Å². The van der Waals surface area contributed by atoms with Crippen molar-refractivity contribution in [1.29, 1.82) is 0 Å². The highest BCUT2D eigenvalue weighted by molar-refractivity contribution is 7.86. The van der Waals surface area contributed by atoms with Crippen LogP contribution in [0.3, 0.4) is 0 Å². The molecule has 0 atom stereocenters. The first-order chi connectivity index (χ1) is 11.9. The van der Waals surface area contributed by atoms with Crippen molar-refractivity contribution >= 4 is 31.6 Å². The van der Waals surface area contributed by atoms with Crippen LogP contribution in [0.25, 0.3) is 4.96 Å². The summed E-state index contributed by atoms with van der Waals surface area (Å²) < 4.78 is 29.4. The molecule has 0 aliphatic carbocycles. The standard InChI is InChI=1S/C14H22N6O3S2/c1-4-18(5-2)25(22,23)19-8-6-17(7-9-19)14-16-20-12(21)10-11(3)15-13(20)24-14/h10H,4-9H2,1-3H3. The lowest BCUT2D eigenvalue weighted by Gasteiger charge is -2.35. The van der Waals surface area contributed by atoms with Gasteiger partial charge in [-0.3, -0.25) is 4.79 Å². The molecule has 0 bridgehead atoms. The Morgan fingerprint density at radius 2 is 1.84 bits per heavy atom. The average molecular weight is 387 g/mol. The smallest absolute Gasteiger partial charge is 0.282 e. The second kappa shape index (κ2) is 6.98. The van der Waals surface area contributed by atoms with E-state index < -0.39 is 10.2 Å². The molecule has 0 unspecified atom stereocenters. The Labute approximate surface area is 150 Å². The van der Waals surface area contributed by atoms with Gasteiger partial charge in [-0.05, 0) is 6.92 Å². The minimum Gasteiger partial charge on any atom is -0.344 e. The van der Waals surface area contributed by atoms with Crippen molar-refractivity contribution in [2.24, 2.45) is 0 Å². The molecule has 0 spiro atoms. The summed E-state index contributed by atoms with van der Waals surface area (Å²) in [5, 5.41) is 5.03. The Bertz CT molecular complexity index is 910. The molecular formula is C14H22N6O3S2. The van der Waals surface area contributed by atoms with Crippen molar-refractivity contribution in [3.63, 3.8) is 0 Å². The maximum Gasteiger partial charge on any atom is 0.282 e. The molecule has 0 saturated carbocycles. The maximum atomic E-state index is 12.6. The van der Waals surface area contributed by atoms with E-state index in [1.165, 1.54) is 30.5 Å². The van der Waals surface area contributed by atoms with Crippen LogP contribution in [0.1, 0.15) is 19.5 Å². The molecule has 0 amide bonds. The van der Waals surface area contributed by atoms with Gasteiger partial charge in [0.1, 0.15) is 0 Å². The highest BCUT2D eigenvalue weighted by atomic mass is 32.2. The molecule has 0 aromatic carbocycles. The number of aromatic nitrogens is 3. The highest BCUT2D eigenvalue weighted by Crippen LogP contribution is 2.23. The van der Waals surface area contributed by atoms with E-state index in [4.69, 9.17) is 0 Å². The summed E-state index contributed by atoms with van der Waals surface area (Å²) in [6, 6.07) is 1.45. The molecule has 9 nitrogen and oxygen atoms in total. The van der Waals surface area contributed by atoms with Crippen molar-refractivity contribution in [1.82, 2.24) is 23.2 Å². The molecule has 11 heteroatoms. The van der Waals surface area contributed by atoms with Gasteiger partial charge >= 0.3 is 0 Å². The Kier molecular flexibility index (Phi) is 5.09. The van der Waals surface area contributed by atoms with Crippen molar-refractivity contribution in [2.45, 2.75) is 20.8 Å². The van der Waals surface area contributed by atoms with E-state index in [9.17, 15) is 13.2 Å². The summed E-state index contributed by atoms with van der Waals surface area (Å²) in [5.74, 6) is 0. The van der Waals surface area contributed by atoms with Gasteiger partial charge in [0.2, 0.25) is 10.1 Å². The SMILES string of the molecule is CCN(CC)S(=O)(=O)N1CCN(c2nn3c(=O)cc(C)nc3s2)CC1. The van der Waals surface area contributed by atoms with E-state index in [1.54, 1.807) is 6.92 Å². The van der Waals surface area contributed by atoms with E-state index in [0.717, 1.165) is 0 Å². The van der Waals surface area contributed by atoms with Gasteiger partial charge in [-0.1, -0.05) is 25.2 Å². The van der Waals surface area contributed by atoms with Crippen LogP contribution < -0.4 is 10.5 Å². The van der Waals surface area contributed by atoms with Crippen LogP contribution in [-0.4, -0.2) is 70.9 Å². The fourth-order valence-electron chi connectivity index (χ4n) is 2.86. The molecular weight excluding hydrogens is 364 g/mol. The quantitative estimate of drug-likeness (QED) is 0.727. The van der Waals surface area contributed by atoms with E-state index in [2.05, 4.69) is 10.1 Å². The second-order valence-electron chi connectivity index (χ2n) is 5.79. The van der Waals surface area contributed by atoms with Crippen molar-refractivity contribution in [2.75, 3.05) is 44.2 Å². The topological polar surface area (TPSA) is 91.1 Å². The summed E-state index contributed by atoms with van der Waals surface area (Å²) in [7, 11) is -3.41. The van der Waals surface area contributed by atoms with Crippen LogP contribution in [0.2, 0.25) is 0 Å². The number of hydrogen-bond donors (Lipinski definition) is 0. The lowest BCUT2D eigenvalue weighted by molar-refractivity contribution is 0.334. The Morgan fingerprint density at radius 3 is 2.44 bits per heavy atom. The first-order valence-corrected chi connectivity index (χ1v) is 10.5. The number of rotatable bonds is 5. The number of hydrogen-bond acceptors (Lipinski definition) is 7. The van der Waals surface area contributed by atoms with E-state index in [1.807, 2.05) is 18.7 Å². The van der Waals surface area contributed by atoms with Gasteiger partial charge in [-0.2, -0.15) is 21.5 Å². The predicted molar refractivity (Wildman–Crippen MR) is 97.5 cm³/mol. The zero-order valence-electron chi connectivity index (χ0n) is 14.5. The van der Waals surface area contributed by atoms with Crippen LogP contribution in [0.4, 0.5) is 5.13 Å². The number of nitrogens with zero attached hydrogens (tertiary/aromatic N) is 6. The predicted octanol–water partition coefficient (Wildman–Crippen LogP) is 0.168. The lowest BCUT2D eigenvalue weighted by atomic mass is 10.4. The zero-order chi connectivity index (χ0) is 18.2. The molecule has 2 aromatic heterocycles. The third-order valence-electron chi connectivity index (χ3n) is 4.23. The summed E-state index contributed by atoms with van der Waals surface area (Å²) in [5.41, 5.74) is 0.461. The largest absolute Gasteiger partial charge is 0.344 e. The molecule has 1 saturated heterocycles. The Balaban J connectivity index is 1.77. The van der Waals surface area contributed by atoms with Crippen LogP contribution in [0.5, 0.6) is 0 Å². The zero-order valence-corrected chi connectivity index (χ0v) is 16.2. The fourth-order valence-corrected chi connectivity index (χ4v) is 5.47. The molecule has 1 aliphatic rings. The summed E-state index contributed by atoms with van der Waals surface area (Å²) in [6.45, 7) is 8.25. The van der Waals surface area contributed by atoms with Gasteiger partial charge in [0.15, 0.2) is 0 Å². The van der Waals surface area contributed by atoms with Crippen molar-refractivity contribution < 1.29 is 8.42 Å². The second-order valence-corrected chi connectivity index (χ2v) is 8.66. The minimum atomic E-state index is -3.41. The van der Waals surface area contributed by atoms with Crippen molar-refractivity contribution in [3.8, 4) is 0 Å². The fraction of sp³-hybridized carbons (Fsp3) is 0.643. The molecule has 0 N–H and O–H groups in total. The van der Waals surface area contributed by atoms with Crippen LogP contribution in [0, 0.1) is 6.92 Å². The molecule has 3 heterocycles. The molecule has 138 valence electrons. The Hall–Kier alpha value is -1.56. The van der Waals surface area contributed by atoms with Gasteiger partial charge in [-0.15, -0.1) is 5.10 Å². The summed E-state index contributed by atoms with van der Waals surface area (Å²) >= 11 is 1.34. The van der Waals surface area contributed by atoms with Crippen LogP contribution >= 0.6 is 11.3 Å². The van der Waals surface area contributed by atoms with Gasteiger partial charge in [0.05, 0.1) is 0 Å². The molecule has 25 heavy (non-hydrogen) atoms. The number of piperazine rings is 1. The molecule has 0 radical (unpaired) electrons. The minimum absolute atomic E-state index is 0.201. The van der Waals surface area contributed by atoms with Gasteiger partial charge in [-0.25, -0.2) is 4.98 Å². The monoisotopic (exact) mass is 386 g/mol. The first-order valence-electron chi connectivity index (χ1n) is 8.24. The number of anilines is 1. The highest BCUT2D eigenvalue weighted by Gasteiger charge is 2.31. The van der Waals surface area contributed by atoms with E-state index >= 15 is 0 Å². The Morgan fingerprint density at radius 1 is 1.20 bits per heavy atom. The molecule has 1 fully saturated rings. The van der Waals surface area contributed by atoms with Gasteiger partial charge < -0.3 is 4.90 Å². The third kappa shape index (κ3) is 3.41. The van der Waals surface area contributed by atoms with Gasteiger partial charge in [0, 0.05) is 51.0 Å². The van der Waals surface area contributed by atoms with E-state index in [0.29, 0.717) is 55.1 Å². The summed E-state index contributed by atoms with van der Waals surface area (Å²) in [4.78, 5) is 18.9. The summed E-state index contributed by atoms with van der Waals surface area (Å²) in [6.07, 6.45) is 0. The van der Waals surface area contributed by atoms with Gasteiger partial charge in [0.25, 0.3) is 15.8 Å². The normalized spacial score (nSPS) is 16.9.